The lowest BCUT2D eigenvalue weighted by molar-refractivity contribution is 0.0991. The Hall–Kier alpha value is -0.680. The fourth-order valence-corrected chi connectivity index (χ4v) is 4.13. The summed E-state index contributed by atoms with van der Waals surface area (Å²) in [5.74, 6) is 1.83. The highest BCUT2D eigenvalue weighted by atomic mass is 35.5. The molecule has 24 heavy (non-hydrogen) atoms. The van der Waals surface area contributed by atoms with Crippen LogP contribution in [0.5, 0.6) is 11.5 Å². The van der Waals surface area contributed by atoms with Crippen molar-refractivity contribution in [3.8, 4) is 11.5 Å². The monoisotopic (exact) mass is 376 g/mol. The fraction of sp³-hybridized carbons (Fsp3) is 0.667. The summed E-state index contributed by atoms with van der Waals surface area (Å²) in [6, 6.07) is 5.93. The normalized spacial score (nSPS) is 20.5. The molecular weight excluding hydrogens is 347 g/mol. The maximum Gasteiger partial charge on any atom is 0.127 e. The Morgan fingerprint density at radius 2 is 1.79 bits per heavy atom. The minimum atomic E-state index is 0. The molecule has 6 heteroatoms. The number of phenols is 1. The molecule has 0 bridgehead atoms. The number of ether oxygens (including phenoxy) is 1. The van der Waals surface area contributed by atoms with Gasteiger partial charge in [-0.2, -0.15) is 0 Å². The first-order chi connectivity index (χ1) is 10.8. The van der Waals surface area contributed by atoms with Gasteiger partial charge in [0.25, 0.3) is 0 Å². The molecule has 1 saturated heterocycles. The van der Waals surface area contributed by atoms with Crippen LogP contribution in [-0.4, -0.2) is 43.3 Å². The van der Waals surface area contributed by atoms with Gasteiger partial charge in [0, 0.05) is 32.2 Å². The number of phenolic OH excluding ortho intramolecular Hbond substituents is 1. The molecule has 3 rings (SSSR count). The number of benzene rings is 1. The summed E-state index contributed by atoms with van der Waals surface area (Å²) in [5, 5.41) is 14.0. The summed E-state index contributed by atoms with van der Waals surface area (Å²) in [4.78, 5) is 2.55. The summed E-state index contributed by atoms with van der Waals surface area (Å²) in [6.07, 6.45) is 6.48. The molecule has 1 heterocycles. The molecule has 0 radical (unpaired) electrons. The van der Waals surface area contributed by atoms with Gasteiger partial charge in [-0.1, -0.05) is 25.3 Å². The van der Waals surface area contributed by atoms with E-state index in [9.17, 15) is 5.11 Å². The molecule has 1 saturated carbocycles. The van der Waals surface area contributed by atoms with E-state index >= 15 is 0 Å². The van der Waals surface area contributed by atoms with E-state index in [1.165, 1.54) is 32.1 Å². The van der Waals surface area contributed by atoms with E-state index in [-0.39, 0.29) is 30.9 Å². The maximum atomic E-state index is 10.5. The van der Waals surface area contributed by atoms with Crippen LogP contribution in [0.1, 0.15) is 43.7 Å². The van der Waals surface area contributed by atoms with Crippen LogP contribution in [0, 0.1) is 5.92 Å². The van der Waals surface area contributed by atoms with Crippen molar-refractivity contribution in [2.24, 2.45) is 5.92 Å². The van der Waals surface area contributed by atoms with Crippen molar-refractivity contribution >= 4 is 24.8 Å². The third-order valence-electron chi connectivity index (χ3n) is 5.20. The number of piperazine rings is 1. The third-order valence-corrected chi connectivity index (χ3v) is 5.20. The van der Waals surface area contributed by atoms with Crippen LogP contribution in [-0.2, 0) is 0 Å². The van der Waals surface area contributed by atoms with Crippen LogP contribution in [0.3, 0.4) is 0 Å². The topological polar surface area (TPSA) is 44.7 Å². The number of rotatable bonds is 4. The number of hydrogen-bond acceptors (Lipinski definition) is 4. The summed E-state index contributed by atoms with van der Waals surface area (Å²) in [7, 11) is 1.70. The Balaban J connectivity index is 0.00000144. The number of nitrogens with one attached hydrogen (secondary N) is 1. The second-order valence-corrected chi connectivity index (χ2v) is 6.52. The van der Waals surface area contributed by atoms with Crippen LogP contribution in [0.25, 0.3) is 0 Å². The van der Waals surface area contributed by atoms with Crippen LogP contribution in [0.2, 0.25) is 0 Å². The quantitative estimate of drug-likeness (QED) is 0.839. The van der Waals surface area contributed by atoms with Crippen molar-refractivity contribution in [3.05, 3.63) is 23.8 Å². The molecule has 2 N–H and O–H groups in total. The summed E-state index contributed by atoms with van der Waals surface area (Å²) >= 11 is 0. The number of methoxy groups -OCH3 is 1. The first kappa shape index (κ1) is 21.4. The Morgan fingerprint density at radius 3 is 2.42 bits per heavy atom. The van der Waals surface area contributed by atoms with Gasteiger partial charge in [-0.3, -0.25) is 4.90 Å². The van der Waals surface area contributed by atoms with Crippen LogP contribution < -0.4 is 10.1 Å². The highest BCUT2D eigenvalue weighted by Gasteiger charge is 2.34. The van der Waals surface area contributed by atoms with Gasteiger partial charge >= 0.3 is 0 Å². The predicted octanol–water partition coefficient (Wildman–Crippen LogP) is 3.77. The van der Waals surface area contributed by atoms with Crippen molar-refractivity contribution in [1.82, 2.24) is 10.2 Å². The molecule has 4 nitrogen and oxygen atoms in total. The van der Waals surface area contributed by atoms with Crippen molar-refractivity contribution in [1.29, 1.82) is 0 Å². The Bertz CT molecular complexity index is 472. The molecule has 0 unspecified atom stereocenters. The van der Waals surface area contributed by atoms with Gasteiger partial charge in [0.1, 0.15) is 11.5 Å². The van der Waals surface area contributed by atoms with Gasteiger partial charge in [0.15, 0.2) is 0 Å². The molecular formula is C18H30Cl2N2O2. The number of nitrogens with zero attached hydrogens (tertiary/aromatic N) is 1. The zero-order valence-electron chi connectivity index (χ0n) is 14.4. The molecule has 138 valence electrons. The molecule has 0 spiro atoms. The first-order valence-corrected chi connectivity index (χ1v) is 8.62. The van der Waals surface area contributed by atoms with Crippen LogP contribution >= 0.6 is 24.8 Å². The lowest BCUT2D eigenvalue weighted by Gasteiger charge is -2.41. The number of aromatic hydroxyl groups is 1. The van der Waals surface area contributed by atoms with Gasteiger partial charge in [-0.25, -0.2) is 0 Å². The van der Waals surface area contributed by atoms with E-state index in [0.717, 1.165) is 37.5 Å². The van der Waals surface area contributed by atoms with Crippen LogP contribution in [0.4, 0.5) is 0 Å². The zero-order valence-corrected chi connectivity index (χ0v) is 16.0. The maximum absolute atomic E-state index is 10.5. The molecule has 1 aliphatic heterocycles. The standard InChI is InChI=1S/C18H28N2O2.2ClH/c1-22-16-9-5-8-15(21)17(16)18(14-6-3-2-4-7-14)20-12-10-19-11-13-20;;/h5,8-9,14,18-19,21H,2-4,6-7,10-13H2,1H3;2*1H/t18-;;/m1../s1. The highest BCUT2D eigenvalue weighted by molar-refractivity contribution is 5.85. The lowest BCUT2D eigenvalue weighted by Crippen LogP contribution is -2.47. The Morgan fingerprint density at radius 1 is 1.12 bits per heavy atom. The second-order valence-electron chi connectivity index (χ2n) is 6.52. The average molecular weight is 377 g/mol. The van der Waals surface area contributed by atoms with E-state index in [1.54, 1.807) is 13.2 Å². The van der Waals surface area contributed by atoms with E-state index in [4.69, 9.17) is 4.74 Å². The third kappa shape index (κ3) is 4.69. The van der Waals surface area contributed by atoms with E-state index < -0.39 is 0 Å². The van der Waals surface area contributed by atoms with Gasteiger partial charge in [-0.05, 0) is 30.9 Å². The highest BCUT2D eigenvalue weighted by Crippen LogP contribution is 2.45. The molecule has 2 fully saturated rings. The Labute approximate surface area is 157 Å². The first-order valence-electron chi connectivity index (χ1n) is 8.62. The van der Waals surface area contributed by atoms with Crippen molar-refractivity contribution < 1.29 is 9.84 Å². The Kier molecular flexibility index (Phi) is 9.21. The second kappa shape index (κ2) is 10.3. The minimum absolute atomic E-state index is 0. The van der Waals surface area contributed by atoms with Crippen molar-refractivity contribution in [3.63, 3.8) is 0 Å². The number of hydrogen-bond donors (Lipinski definition) is 2. The van der Waals surface area contributed by atoms with Crippen molar-refractivity contribution in [2.45, 2.75) is 38.1 Å². The molecule has 0 aromatic heterocycles. The summed E-state index contributed by atoms with van der Waals surface area (Å²) in [5.41, 5.74) is 0.999. The lowest BCUT2D eigenvalue weighted by atomic mass is 9.79. The zero-order chi connectivity index (χ0) is 15.4. The largest absolute Gasteiger partial charge is 0.507 e. The van der Waals surface area contributed by atoms with Gasteiger partial charge in [0.2, 0.25) is 0 Å². The molecule has 1 atom stereocenters. The van der Waals surface area contributed by atoms with E-state index in [2.05, 4.69) is 10.2 Å². The van der Waals surface area contributed by atoms with E-state index in [1.807, 2.05) is 12.1 Å². The molecule has 1 aromatic carbocycles. The van der Waals surface area contributed by atoms with E-state index in [0.29, 0.717) is 11.7 Å². The molecule has 0 amide bonds. The molecule has 1 aliphatic carbocycles. The molecule has 1 aromatic rings. The smallest absolute Gasteiger partial charge is 0.127 e. The van der Waals surface area contributed by atoms with Gasteiger partial charge < -0.3 is 15.2 Å². The predicted molar refractivity (Wildman–Crippen MR) is 103 cm³/mol. The number of halogens is 2. The molecule has 2 aliphatic rings. The van der Waals surface area contributed by atoms with Crippen LogP contribution in [0.15, 0.2) is 18.2 Å². The summed E-state index contributed by atoms with van der Waals surface area (Å²) < 4.78 is 5.59. The van der Waals surface area contributed by atoms with Crippen molar-refractivity contribution in [2.75, 3.05) is 33.3 Å². The minimum Gasteiger partial charge on any atom is -0.507 e. The SMILES string of the molecule is COc1cccc(O)c1[C@@H](C1CCCCC1)N1CCNCC1.Cl.Cl. The van der Waals surface area contributed by atoms with Gasteiger partial charge in [-0.15, -0.1) is 24.8 Å². The summed E-state index contributed by atoms with van der Waals surface area (Å²) in [6.45, 7) is 4.13. The van der Waals surface area contributed by atoms with Gasteiger partial charge in [0.05, 0.1) is 12.7 Å². The average Bonchev–Trinajstić information content (AvgIpc) is 2.58. The fourth-order valence-electron chi connectivity index (χ4n) is 4.13.